The van der Waals surface area contributed by atoms with E-state index in [-0.39, 0.29) is 17.2 Å². The minimum atomic E-state index is -0.279. The van der Waals surface area contributed by atoms with Gasteiger partial charge in [0.25, 0.3) is 0 Å². The summed E-state index contributed by atoms with van der Waals surface area (Å²) in [5.74, 6) is 0.491. The maximum Gasteiger partial charge on any atom is 0.128 e. The summed E-state index contributed by atoms with van der Waals surface area (Å²) in [7, 11) is 0. The van der Waals surface area contributed by atoms with E-state index in [1.165, 1.54) is 17.7 Å². The van der Waals surface area contributed by atoms with Crippen LogP contribution in [-0.4, -0.2) is 9.55 Å². The number of alkyl halides is 1. The Bertz CT molecular complexity index is 734. The van der Waals surface area contributed by atoms with Crippen LogP contribution < -0.4 is 0 Å². The van der Waals surface area contributed by atoms with Crippen LogP contribution in [0.3, 0.4) is 0 Å². The van der Waals surface area contributed by atoms with Crippen LogP contribution in [0.2, 0.25) is 0 Å². The molecular weight excluding hydrogens is 295 g/mol. The first-order valence-electron chi connectivity index (χ1n) is 6.41. The average molecular weight is 309 g/mol. The summed E-state index contributed by atoms with van der Waals surface area (Å²) in [4.78, 5) is 4.50. The largest absolute Gasteiger partial charge is 0.319 e. The maximum absolute atomic E-state index is 13.4. The fraction of sp³-hybridized carbons (Fsp3) is 0.267. The molecule has 2 atom stereocenters. The monoisotopic (exact) mass is 308 g/mol. The summed E-state index contributed by atoms with van der Waals surface area (Å²) in [5, 5.41) is 3.93. The lowest BCUT2D eigenvalue weighted by atomic mass is 10.1. The molecular formula is C15H14ClFN2S. The third-order valence-corrected chi connectivity index (χ3v) is 4.34. The summed E-state index contributed by atoms with van der Waals surface area (Å²) < 4.78 is 15.5. The summed E-state index contributed by atoms with van der Waals surface area (Å²) in [6, 6.07) is 6.89. The molecule has 0 bridgehead atoms. The lowest BCUT2D eigenvalue weighted by Crippen LogP contribution is -2.10. The van der Waals surface area contributed by atoms with E-state index in [4.69, 9.17) is 11.6 Å². The van der Waals surface area contributed by atoms with Crippen LogP contribution in [-0.2, 0) is 0 Å². The fourth-order valence-corrected chi connectivity index (χ4v) is 3.34. The average Bonchev–Trinajstić information content (AvgIpc) is 3.04. The number of imidazole rings is 1. The van der Waals surface area contributed by atoms with Gasteiger partial charge in [-0.2, -0.15) is 11.3 Å². The first kappa shape index (κ1) is 13.6. The molecule has 2 heterocycles. The van der Waals surface area contributed by atoms with Crippen molar-refractivity contribution < 1.29 is 4.39 Å². The molecule has 2 unspecified atom stereocenters. The number of nitrogens with zero attached hydrogens (tertiary/aromatic N) is 2. The first-order chi connectivity index (χ1) is 9.58. The molecule has 104 valence electrons. The van der Waals surface area contributed by atoms with Gasteiger partial charge in [-0.05, 0) is 48.4 Å². The Balaban J connectivity index is 2.24. The molecule has 0 fully saturated rings. The highest BCUT2D eigenvalue weighted by atomic mass is 35.5. The molecule has 0 saturated carbocycles. The van der Waals surface area contributed by atoms with Gasteiger partial charge in [-0.1, -0.05) is 0 Å². The molecule has 0 aliphatic carbocycles. The van der Waals surface area contributed by atoms with Crippen molar-refractivity contribution in [3.8, 4) is 0 Å². The summed E-state index contributed by atoms with van der Waals surface area (Å²) in [5.41, 5.74) is 2.76. The molecule has 0 aliphatic heterocycles. The topological polar surface area (TPSA) is 17.8 Å². The van der Waals surface area contributed by atoms with Crippen molar-refractivity contribution in [3.05, 3.63) is 52.2 Å². The SMILES string of the molecule is CC(Cl)c1nc2cc(F)ccc2n1C(C)c1ccsc1. The highest BCUT2D eigenvalue weighted by Gasteiger charge is 2.20. The van der Waals surface area contributed by atoms with Crippen LogP contribution >= 0.6 is 22.9 Å². The lowest BCUT2D eigenvalue weighted by Gasteiger charge is -2.17. The highest BCUT2D eigenvalue weighted by Crippen LogP contribution is 2.31. The Morgan fingerprint density at radius 2 is 2.10 bits per heavy atom. The van der Waals surface area contributed by atoms with Gasteiger partial charge >= 0.3 is 0 Å². The third-order valence-electron chi connectivity index (χ3n) is 3.45. The Kier molecular flexibility index (Phi) is 3.52. The van der Waals surface area contributed by atoms with E-state index < -0.39 is 0 Å². The minimum absolute atomic E-state index is 0.118. The second-order valence-electron chi connectivity index (χ2n) is 4.82. The zero-order chi connectivity index (χ0) is 14.3. The van der Waals surface area contributed by atoms with Gasteiger partial charge in [-0.25, -0.2) is 9.37 Å². The smallest absolute Gasteiger partial charge is 0.128 e. The summed E-state index contributed by atoms with van der Waals surface area (Å²) in [6.07, 6.45) is 0. The van der Waals surface area contributed by atoms with Crippen LogP contribution in [0.1, 0.15) is 36.7 Å². The van der Waals surface area contributed by atoms with Crippen LogP contribution in [0, 0.1) is 5.82 Å². The molecule has 2 nitrogen and oxygen atoms in total. The van der Waals surface area contributed by atoms with Gasteiger partial charge in [-0.15, -0.1) is 11.6 Å². The first-order valence-corrected chi connectivity index (χ1v) is 7.79. The van der Waals surface area contributed by atoms with Crippen LogP contribution in [0.25, 0.3) is 11.0 Å². The second-order valence-corrected chi connectivity index (χ2v) is 6.26. The predicted octanol–water partition coefficient (Wildman–Crippen LogP) is 5.15. The van der Waals surface area contributed by atoms with Crippen molar-refractivity contribution in [2.75, 3.05) is 0 Å². The van der Waals surface area contributed by atoms with Crippen LogP contribution in [0.4, 0.5) is 4.39 Å². The van der Waals surface area contributed by atoms with E-state index >= 15 is 0 Å². The quantitative estimate of drug-likeness (QED) is 0.612. The Hall–Kier alpha value is -1.39. The number of halogens is 2. The van der Waals surface area contributed by atoms with Crippen LogP contribution in [0.15, 0.2) is 35.0 Å². The van der Waals surface area contributed by atoms with E-state index in [9.17, 15) is 4.39 Å². The van der Waals surface area contributed by atoms with Crippen LogP contribution in [0.5, 0.6) is 0 Å². The van der Waals surface area contributed by atoms with Crippen molar-refractivity contribution >= 4 is 34.0 Å². The zero-order valence-corrected chi connectivity index (χ0v) is 12.7. The number of thiophene rings is 1. The van der Waals surface area contributed by atoms with E-state index in [1.54, 1.807) is 17.4 Å². The number of hydrogen-bond donors (Lipinski definition) is 0. The molecule has 0 saturated heterocycles. The fourth-order valence-electron chi connectivity index (χ4n) is 2.44. The van der Waals surface area contributed by atoms with Gasteiger partial charge in [0.1, 0.15) is 11.6 Å². The molecule has 3 rings (SSSR count). The highest BCUT2D eigenvalue weighted by molar-refractivity contribution is 7.07. The summed E-state index contributed by atoms with van der Waals surface area (Å²) in [6.45, 7) is 3.99. The molecule has 20 heavy (non-hydrogen) atoms. The van der Waals surface area contributed by atoms with Crippen molar-refractivity contribution in [1.82, 2.24) is 9.55 Å². The van der Waals surface area contributed by atoms with Gasteiger partial charge in [-0.3, -0.25) is 0 Å². The molecule has 2 aromatic heterocycles. The van der Waals surface area contributed by atoms with Gasteiger partial charge < -0.3 is 4.57 Å². The van der Waals surface area contributed by atoms with E-state index in [0.717, 1.165) is 11.3 Å². The third kappa shape index (κ3) is 2.23. The van der Waals surface area contributed by atoms with E-state index in [1.807, 2.05) is 6.92 Å². The van der Waals surface area contributed by atoms with Crippen molar-refractivity contribution in [3.63, 3.8) is 0 Å². The summed E-state index contributed by atoms with van der Waals surface area (Å²) >= 11 is 7.91. The molecule has 0 aliphatic rings. The number of benzene rings is 1. The van der Waals surface area contributed by atoms with E-state index in [2.05, 4.69) is 33.3 Å². The maximum atomic E-state index is 13.4. The van der Waals surface area contributed by atoms with Gasteiger partial charge in [0.15, 0.2) is 0 Å². The van der Waals surface area contributed by atoms with Gasteiger partial charge in [0.05, 0.1) is 22.5 Å². The molecule has 0 radical (unpaired) electrons. The Morgan fingerprint density at radius 3 is 2.75 bits per heavy atom. The number of aromatic nitrogens is 2. The van der Waals surface area contributed by atoms with Crippen molar-refractivity contribution in [2.45, 2.75) is 25.3 Å². The van der Waals surface area contributed by atoms with Crippen molar-refractivity contribution in [2.24, 2.45) is 0 Å². The molecule has 0 spiro atoms. The Morgan fingerprint density at radius 1 is 1.30 bits per heavy atom. The van der Waals surface area contributed by atoms with Gasteiger partial charge in [0, 0.05) is 6.07 Å². The molecule has 5 heteroatoms. The zero-order valence-electron chi connectivity index (χ0n) is 11.2. The van der Waals surface area contributed by atoms with Crippen molar-refractivity contribution in [1.29, 1.82) is 0 Å². The number of hydrogen-bond acceptors (Lipinski definition) is 2. The molecule has 1 aromatic carbocycles. The Labute approximate surface area is 125 Å². The number of fused-ring (bicyclic) bond motifs is 1. The minimum Gasteiger partial charge on any atom is -0.319 e. The standard InChI is InChI=1S/C15H14ClFN2S/c1-9(16)15-18-13-7-12(17)3-4-14(13)19(15)10(2)11-5-6-20-8-11/h3-10H,1-2H3. The van der Waals surface area contributed by atoms with E-state index in [0.29, 0.717) is 5.52 Å². The molecule has 0 amide bonds. The normalized spacial score (nSPS) is 14.6. The molecule has 0 N–H and O–H groups in total. The number of rotatable bonds is 3. The van der Waals surface area contributed by atoms with Gasteiger partial charge in [0.2, 0.25) is 0 Å². The lowest BCUT2D eigenvalue weighted by molar-refractivity contribution is 0.618. The predicted molar refractivity (Wildman–Crippen MR) is 82.1 cm³/mol. The second kappa shape index (κ2) is 5.19. The molecule has 3 aromatic rings.